The lowest BCUT2D eigenvalue weighted by Gasteiger charge is -2.04. The second kappa shape index (κ2) is 4.95. The summed E-state index contributed by atoms with van der Waals surface area (Å²) < 4.78 is 0. The Kier molecular flexibility index (Phi) is 4.82. The molecule has 0 radical (unpaired) electrons. The molecule has 0 atom stereocenters. The Morgan fingerprint density at radius 2 is 1.50 bits per heavy atom. The summed E-state index contributed by atoms with van der Waals surface area (Å²) in [6.07, 6.45) is 0. The molecule has 5 heteroatoms. The van der Waals surface area contributed by atoms with E-state index in [0.29, 0.717) is 0 Å². The summed E-state index contributed by atoms with van der Waals surface area (Å²) >= 11 is 0. The lowest BCUT2D eigenvalue weighted by molar-refractivity contribution is -0.502. The van der Waals surface area contributed by atoms with Crippen LogP contribution < -0.4 is 0 Å². The first-order valence-electron chi connectivity index (χ1n) is 1.88. The second-order valence-corrected chi connectivity index (χ2v) is 0.833. The molecule has 0 saturated carbocycles. The fraction of sp³-hybridized carbons (Fsp3) is 1.00. The maximum atomic E-state index is 8.35. The number of aliphatic hydroxyl groups is 1. The van der Waals surface area contributed by atoms with Crippen LogP contribution in [0.5, 0.6) is 0 Å². The molecule has 0 aromatic carbocycles. The van der Waals surface area contributed by atoms with E-state index in [1.54, 1.807) is 0 Å². The summed E-state index contributed by atoms with van der Waals surface area (Å²) in [4.78, 5) is 16.0. The van der Waals surface area contributed by atoms with E-state index in [0.717, 1.165) is 0 Å². The van der Waals surface area contributed by atoms with Crippen molar-refractivity contribution >= 4 is 0 Å². The van der Waals surface area contributed by atoms with Crippen LogP contribution in [0.4, 0.5) is 0 Å². The molecule has 0 saturated heterocycles. The Labute approximate surface area is 46.6 Å². The van der Waals surface area contributed by atoms with Gasteiger partial charge in [0.15, 0.2) is 0 Å². The van der Waals surface area contributed by atoms with Crippen molar-refractivity contribution in [1.82, 2.24) is 0 Å². The SMILES string of the molecule is COOC(O)OOC. The highest BCUT2D eigenvalue weighted by molar-refractivity contribution is 3.92. The quantitative estimate of drug-likeness (QED) is 0.308. The molecule has 0 amide bonds. The fourth-order valence-electron chi connectivity index (χ4n) is 0.181. The maximum Gasteiger partial charge on any atom is 0.326 e. The Balaban J connectivity index is 2.92. The molecule has 8 heavy (non-hydrogen) atoms. The van der Waals surface area contributed by atoms with Crippen LogP contribution in [0.15, 0.2) is 0 Å². The third kappa shape index (κ3) is 3.97. The van der Waals surface area contributed by atoms with Gasteiger partial charge >= 0.3 is 6.48 Å². The lowest BCUT2D eigenvalue weighted by atomic mass is 11.3. The number of hydrogen-bond donors (Lipinski definition) is 1. The number of rotatable bonds is 4. The summed E-state index contributed by atoms with van der Waals surface area (Å²) in [5.74, 6) is 0. The molecule has 0 aliphatic carbocycles. The van der Waals surface area contributed by atoms with Gasteiger partial charge in [0.1, 0.15) is 0 Å². The van der Waals surface area contributed by atoms with E-state index in [4.69, 9.17) is 5.11 Å². The van der Waals surface area contributed by atoms with Crippen molar-refractivity contribution in [3.05, 3.63) is 0 Å². The van der Waals surface area contributed by atoms with Crippen molar-refractivity contribution in [2.45, 2.75) is 6.48 Å². The first-order valence-corrected chi connectivity index (χ1v) is 1.88. The Hall–Kier alpha value is -0.200. The van der Waals surface area contributed by atoms with E-state index in [9.17, 15) is 0 Å². The van der Waals surface area contributed by atoms with Gasteiger partial charge in [0.05, 0.1) is 14.2 Å². The van der Waals surface area contributed by atoms with E-state index in [1.807, 2.05) is 0 Å². The molecule has 0 aliphatic heterocycles. The van der Waals surface area contributed by atoms with Gasteiger partial charge in [-0.05, 0) is 0 Å². The first kappa shape index (κ1) is 7.80. The highest BCUT2D eigenvalue weighted by atomic mass is 17.3. The Morgan fingerprint density at radius 3 is 1.75 bits per heavy atom. The normalized spacial score (nSPS) is 10.5. The molecular formula is C3H8O5. The average Bonchev–Trinajstić information content (AvgIpc) is 1.68. The molecule has 0 fully saturated rings. The molecule has 0 rings (SSSR count). The van der Waals surface area contributed by atoms with Gasteiger partial charge in [-0.3, -0.25) is 0 Å². The largest absolute Gasteiger partial charge is 0.342 e. The number of aliphatic hydroxyl groups excluding tert-OH is 1. The van der Waals surface area contributed by atoms with Gasteiger partial charge in [0.25, 0.3) is 0 Å². The molecule has 0 unspecified atom stereocenters. The minimum absolute atomic E-state index is 1.24. The minimum atomic E-state index is -1.48. The lowest BCUT2D eigenvalue weighted by Crippen LogP contribution is -2.14. The predicted molar refractivity (Wildman–Crippen MR) is 22.2 cm³/mol. The van der Waals surface area contributed by atoms with Gasteiger partial charge in [-0.25, -0.2) is 9.78 Å². The van der Waals surface area contributed by atoms with Crippen LogP contribution in [-0.2, 0) is 19.6 Å². The summed E-state index contributed by atoms with van der Waals surface area (Å²) in [6.45, 7) is -1.48. The topological polar surface area (TPSA) is 57.2 Å². The molecule has 5 nitrogen and oxygen atoms in total. The summed E-state index contributed by atoms with van der Waals surface area (Å²) in [5.41, 5.74) is 0. The van der Waals surface area contributed by atoms with Crippen LogP contribution in [0.25, 0.3) is 0 Å². The molecule has 1 N–H and O–H groups in total. The average molecular weight is 124 g/mol. The molecular weight excluding hydrogens is 116 g/mol. The zero-order valence-corrected chi connectivity index (χ0v) is 4.66. The smallest absolute Gasteiger partial charge is 0.326 e. The van der Waals surface area contributed by atoms with Crippen molar-refractivity contribution < 1.29 is 24.7 Å². The second-order valence-electron chi connectivity index (χ2n) is 0.833. The standard InChI is InChI=1S/C3H8O5/c1-5-7-3(4)8-6-2/h3-4H,1-2H3. The van der Waals surface area contributed by atoms with Crippen LogP contribution in [-0.4, -0.2) is 25.8 Å². The van der Waals surface area contributed by atoms with Crippen LogP contribution in [0.3, 0.4) is 0 Å². The highest BCUT2D eigenvalue weighted by Crippen LogP contribution is 1.87. The Bertz CT molecular complexity index is 40.9. The van der Waals surface area contributed by atoms with Gasteiger partial charge in [0, 0.05) is 0 Å². The molecule has 0 aromatic rings. The number of hydrogen-bond acceptors (Lipinski definition) is 5. The van der Waals surface area contributed by atoms with Gasteiger partial charge in [-0.1, -0.05) is 0 Å². The van der Waals surface area contributed by atoms with Crippen molar-refractivity contribution in [1.29, 1.82) is 0 Å². The van der Waals surface area contributed by atoms with Crippen LogP contribution in [0, 0.1) is 0 Å². The highest BCUT2D eigenvalue weighted by Gasteiger charge is 2.01. The third-order valence-electron chi connectivity index (χ3n) is 0.357. The maximum absolute atomic E-state index is 8.35. The summed E-state index contributed by atoms with van der Waals surface area (Å²) in [5, 5.41) is 8.35. The molecule has 0 bridgehead atoms. The third-order valence-corrected chi connectivity index (χ3v) is 0.357. The summed E-state index contributed by atoms with van der Waals surface area (Å²) in [6, 6.07) is 0. The summed E-state index contributed by atoms with van der Waals surface area (Å²) in [7, 11) is 2.48. The molecule has 50 valence electrons. The van der Waals surface area contributed by atoms with Gasteiger partial charge in [-0.15, -0.1) is 0 Å². The van der Waals surface area contributed by atoms with E-state index in [-0.39, 0.29) is 0 Å². The van der Waals surface area contributed by atoms with Gasteiger partial charge in [-0.2, -0.15) is 9.78 Å². The Morgan fingerprint density at radius 1 is 1.12 bits per heavy atom. The molecule has 0 aromatic heterocycles. The monoisotopic (exact) mass is 124 g/mol. The van der Waals surface area contributed by atoms with Crippen molar-refractivity contribution in [2.75, 3.05) is 14.2 Å². The van der Waals surface area contributed by atoms with Gasteiger partial charge < -0.3 is 5.11 Å². The van der Waals surface area contributed by atoms with Crippen molar-refractivity contribution in [3.8, 4) is 0 Å². The minimum Gasteiger partial charge on any atom is -0.342 e. The van der Waals surface area contributed by atoms with E-state index >= 15 is 0 Å². The van der Waals surface area contributed by atoms with E-state index in [2.05, 4.69) is 19.6 Å². The molecule has 0 heterocycles. The zero-order valence-electron chi connectivity index (χ0n) is 4.66. The van der Waals surface area contributed by atoms with Crippen LogP contribution in [0.1, 0.15) is 0 Å². The van der Waals surface area contributed by atoms with Crippen molar-refractivity contribution in [2.24, 2.45) is 0 Å². The fourth-order valence-corrected chi connectivity index (χ4v) is 0.181. The van der Waals surface area contributed by atoms with Gasteiger partial charge in [0.2, 0.25) is 0 Å². The van der Waals surface area contributed by atoms with Crippen molar-refractivity contribution in [3.63, 3.8) is 0 Å². The first-order chi connectivity index (χ1) is 3.81. The van der Waals surface area contributed by atoms with E-state index in [1.165, 1.54) is 14.2 Å². The van der Waals surface area contributed by atoms with E-state index < -0.39 is 6.48 Å². The molecule has 0 spiro atoms. The predicted octanol–water partition coefficient (Wildman–Crippen LogP) is -0.582. The van der Waals surface area contributed by atoms with Crippen LogP contribution >= 0.6 is 0 Å². The zero-order chi connectivity index (χ0) is 6.41. The van der Waals surface area contributed by atoms with Crippen LogP contribution in [0.2, 0.25) is 0 Å². The molecule has 0 aliphatic rings.